The number of carbonyl (C=O) groups excluding carboxylic acids is 2. The number of aliphatic hydroxyl groups excluding tert-OH is 1. The highest BCUT2D eigenvalue weighted by molar-refractivity contribution is 6.07. The lowest BCUT2D eigenvalue weighted by Gasteiger charge is -2.30. The fraction of sp³-hybridized carbons (Fsp3) is 0.889. The van der Waals surface area contributed by atoms with Gasteiger partial charge >= 0.3 is 5.97 Å². The van der Waals surface area contributed by atoms with Gasteiger partial charge < -0.3 is 15.2 Å². The van der Waals surface area contributed by atoms with Crippen LogP contribution in [0.5, 0.6) is 0 Å². The Bertz CT molecular complexity index is 472. The Labute approximate surface area is 139 Å². The Kier molecular flexibility index (Phi) is 4.82. The number of aliphatic hydroxyl groups is 1. The van der Waals surface area contributed by atoms with Crippen molar-refractivity contribution in [2.24, 2.45) is 16.7 Å². The van der Waals surface area contributed by atoms with Crippen LogP contribution in [0.25, 0.3) is 0 Å². The largest absolute Gasteiger partial charge is 0.459 e. The molecular weight excluding hydrogens is 294 g/mol. The normalized spacial score (nSPS) is 33.0. The summed E-state index contributed by atoms with van der Waals surface area (Å²) in [6.07, 6.45) is 4.10. The number of hydrogen-bond acceptors (Lipinski definition) is 4. The van der Waals surface area contributed by atoms with Crippen LogP contribution in [0.15, 0.2) is 0 Å². The average molecular weight is 325 g/mol. The molecular formula is C18H31NO4. The maximum Gasteiger partial charge on any atom is 0.322 e. The molecule has 1 unspecified atom stereocenters. The lowest BCUT2D eigenvalue weighted by atomic mass is 9.86. The van der Waals surface area contributed by atoms with Gasteiger partial charge in [0.05, 0.1) is 0 Å². The van der Waals surface area contributed by atoms with E-state index in [1.165, 1.54) is 0 Å². The van der Waals surface area contributed by atoms with Gasteiger partial charge in [-0.1, -0.05) is 13.8 Å². The molecule has 0 saturated heterocycles. The molecule has 2 rings (SSSR count). The van der Waals surface area contributed by atoms with E-state index in [4.69, 9.17) is 4.74 Å². The van der Waals surface area contributed by atoms with Crippen LogP contribution in [0.2, 0.25) is 0 Å². The highest BCUT2D eigenvalue weighted by Gasteiger charge is 2.73. The topological polar surface area (TPSA) is 75.6 Å². The first-order valence-electron chi connectivity index (χ1n) is 8.67. The van der Waals surface area contributed by atoms with Crippen molar-refractivity contribution in [1.29, 1.82) is 0 Å². The molecule has 5 nitrogen and oxygen atoms in total. The van der Waals surface area contributed by atoms with Crippen LogP contribution in [-0.2, 0) is 14.3 Å². The zero-order valence-electron chi connectivity index (χ0n) is 15.1. The molecule has 0 bridgehead atoms. The molecule has 0 spiro atoms. The number of rotatable bonds is 4. The summed E-state index contributed by atoms with van der Waals surface area (Å²) in [5.41, 5.74) is -2.00. The van der Waals surface area contributed by atoms with E-state index in [0.29, 0.717) is 12.3 Å². The zero-order chi connectivity index (χ0) is 17.5. The smallest absolute Gasteiger partial charge is 0.322 e. The molecule has 2 aliphatic carbocycles. The van der Waals surface area contributed by atoms with Crippen LogP contribution < -0.4 is 5.32 Å². The first kappa shape index (κ1) is 18.2. The fourth-order valence-corrected chi connectivity index (χ4v) is 3.61. The van der Waals surface area contributed by atoms with E-state index in [1.807, 2.05) is 34.6 Å². The van der Waals surface area contributed by atoms with Crippen LogP contribution in [0.3, 0.4) is 0 Å². The number of hydrogen-bond donors (Lipinski definition) is 2. The van der Waals surface area contributed by atoms with Gasteiger partial charge in [0.1, 0.15) is 5.60 Å². The van der Waals surface area contributed by atoms with Gasteiger partial charge in [-0.25, -0.2) is 0 Å². The highest BCUT2D eigenvalue weighted by atomic mass is 16.6. The Morgan fingerprint density at radius 1 is 1.17 bits per heavy atom. The quantitative estimate of drug-likeness (QED) is 0.615. The molecule has 2 aliphatic rings. The molecule has 0 radical (unpaired) electrons. The maximum absolute atomic E-state index is 12.8. The molecule has 0 aromatic heterocycles. The van der Waals surface area contributed by atoms with Gasteiger partial charge in [-0.3, -0.25) is 9.59 Å². The third kappa shape index (κ3) is 3.70. The van der Waals surface area contributed by atoms with Gasteiger partial charge in [0.25, 0.3) is 0 Å². The minimum Gasteiger partial charge on any atom is -0.459 e. The number of ether oxygens (including phenoxy) is 1. The molecule has 132 valence electrons. The second-order valence-corrected chi connectivity index (χ2v) is 8.84. The lowest BCUT2D eigenvalue weighted by Crippen LogP contribution is -2.47. The molecule has 1 amide bonds. The van der Waals surface area contributed by atoms with Gasteiger partial charge in [-0.2, -0.15) is 0 Å². The van der Waals surface area contributed by atoms with Crippen molar-refractivity contribution in [1.82, 2.24) is 5.32 Å². The van der Waals surface area contributed by atoms with Crippen LogP contribution in [0.4, 0.5) is 0 Å². The first-order chi connectivity index (χ1) is 10.5. The van der Waals surface area contributed by atoms with Crippen LogP contribution in [0.1, 0.15) is 66.7 Å². The Morgan fingerprint density at radius 3 is 2.09 bits per heavy atom. The standard InChI is InChI=1S/C18H31NO4/c1-16(2,3)23-15(22)18(11-17(18,4)5)14(21)19-13-8-6-12(10-20)7-9-13/h12-13,20H,6-11H2,1-5H3,(H,19,21). The minimum absolute atomic E-state index is 0.0982. The van der Waals surface area contributed by atoms with Gasteiger partial charge in [-0.05, 0) is 64.2 Å². The summed E-state index contributed by atoms with van der Waals surface area (Å²) in [6, 6.07) is 0.0982. The summed E-state index contributed by atoms with van der Waals surface area (Å²) in [7, 11) is 0. The number of esters is 1. The highest BCUT2D eigenvalue weighted by Crippen LogP contribution is 2.64. The summed E-state index contributed by atoms with van der Waals surface area (Å²) < 4.78 is 5.51. The van der Waals surface area contributed by atoms with E-state index < -0.39 is 17.0 Å². The SMILES string of the molecule is CC(C)(C)OC(=O)C1(C(=O)NC2CCC(CO)CC2)CC1(C)C. The Morgan fingerprint density at radius 2 is 1.70 bits per heavy atom. The summed E-state index contributed by atoms with van der Waals surface area (Å²) in [4.78, 5) is 25.5. The van der Waals surface area contributed by atoms with Crippen molar-refractivity contribution >= 4 is 11.9 Å². The third-order valence-electron chi connectivity index (χ3n) is 5.31. The summed E-state index contributed by atoms with van der Waals surface area (Å²) in [5.74, 6) is -0.249. The lowest BCUT2D eigenvalue weighted by molar-refractivity contribution is -0.166. The molecule has 0 aromatic carbocycles. The van der Waals surface area contributed by atoms with Gasteiger partial charge in [-0.15, -0.1) is 0 Å². The van der Waals surface area contributed by atoms with Crippen molar-refractivity contribution < 1.29 is 19.4 Å². The molecule has 23 heavy (non-hydrogen) atoms. The van der Waals surface area contributed by atoms with E-state index in [0.717, 1.165) is 25.7 Å². The van der Waals surface area contributed by atoms with Crippen molar-refractivity contribution in [3.05, 3.63) is 0 Å². The van der Waals surface area contributed by atoms with E-state index in [2.05, 4.69) is 5.32 Å². The number of carbonyl (C=O) groups is 2. The molecule has 1 atom stereocenters. The summed E-state index contributed by atoms with van der Waals surface area (Å²) >= 11 is 0. The monoisotopic (exact) mass is 325 g/mol. The molecule has 0 aromatic rings. The van der Waals surface area contributed by atoms with E-state index in [-0.39, 0.29) is 24.0 Å². The van der Waals surface area contributed by atoms with Crippen molar-refractivity contribution in [2.75, 3.05) is 6.61 Å². The predicted molar refractivity (Wildman–Crippen MR) is 87.7 cm³/mol. The zero-order valence-corrected chi connectivity index (χ0v) is 15.1. The minimum atomic E-state index is -1.05. The van der Waals surface area contributed by atoms with E-state index in [9.17, 15) is 14.7 Å². The van der Waals surface area contributed by atoms with Gasteiger partial charge in [0.2, 0.25) is 5.91 Å². The number of nitrogens with one attached hydrogen (secondary N) is 1. The molecule has 2 saturated carbocycles. The predicted octanol–water partition coefficient (Wildman–Crippen LogP) is 2.41. The molecule has 0 aliphatic heterocycles. The van der Waals surface area contributed by atoms with Gasteiger partial charge in [0.15, 0.2) is 5.41 Å². The second kappa shape index (κ2) is 6.08. The second-order valence-electron chi connectivity index (χ2n) is 8.84. The van der Waals surface area contributed by atoms with Crippen LogP contribution in [0, 0.1) is 16.7 Å². The fourth-order valence-electron chi connectivity index (χ4n) is 3.61. The van der Waals surface area contributed by atoms with Crippen LogP contribution in [-0.4, -0.2) is 35.2 Å². The molecule has 2 N–H and O–H groups in total. The maximum atomic E-state index is 12.8. The molecule has 2 fully saturated rings. The number of amides is 1. The Balaban J connectivity index is 2.02. The summed E-state index contributed by atoms with van der Waals surface area (Å²) in [5, 5.41) is 12.3. The Hall–Kier alpha value is -1.10. The van der Waals surface area contributed by atoms with Gasteiger partial charge in [0, 0.05) is 12.6 Å². The molecule has 5 heteroatoms. The third-order valence-corrected chi connectivity index (χ3v) is 5.31. The first-order valence-corrected chi connectivity index (χ1v) is 8.67. The van der Waals surface area contributed by atoms with E-state index in [1.54, 1.807) is 0 Å². The van der Waals surface area contributed by atoms with Crippen molar-refractivity contribution in [2.45, 2.75) is 78.4 Å². The van der Waals surface area contributed by atoms with Crippen molar-refractivity contribution in [3.63, 3.8) is 0 Å². The van der Waals surface area contributed by atoms with E-state index >= 15 is 0 Å². The summed E-state index contributed by atoms with van der Waals surface area (Å²) in [6.45, 7) is 9.57. The van der Waals surface area contributed by atoms with Crippen molar-refractivity contribution in [3.8, 4) is 0 Å². The van der Waals surface area contributed by atoms with Crippen LogP contribution >= 0.6 is 0 Å². The average Bonchev–Trinajstić information content (AvgIpc) is 3.02. The molecule has 0 heterocycles.